The summed E-state index contributed by atoms with van der Waals surface area (Å²) in [6.07, 6.45) is 6.42. The third-order valence-electron chi connectivity index (χ3n) is 5.30. The van der Waals surface area contributed by atoms with Gasteiger partial charge >= 0.3 is 0 Å². The summed E-state index contributed by atoms with van der Waals surface area (Å²) < 4.78 is 0.976. The lowest BCUT2D eigenvalue weighted by Gasteiger charge is -2.27. The molecule has 21 heavy (non-hydrogen) atoms. The predicted molar refractivity (Wildman–Crippen MR) is 89.5 cm³/mol. The average Bonchev–Trinajstić information content (AvgIpc) is 3.07. The maximum absolute atomic E-state index is 12.2. The number of rotatable bonds is 6. The van der Waals surface area contributed by atoms with Gasteiger partial charge in [-0.15, -0.1) is 0 Å². The van der Waals surface area contributed by atoms with E-state index in [-0.39, 0.29) is 5.78 Å². The van der Waals surface area contributed by atoms with Gasteiger partial charge in [0.25, 0.3) is 0 Å². The van der Waals surface area contributed by atoms with E-state index in [4.69, 9.17) is 0 Å². The summed E-state index contributed by atoms with van der Waals surface area (Å²) in [6.45, 7) is 2.05. The molecule has 2 bridgehead atoms. The van der Waals surface area contributed by atoms with Gasteiger partial charge in [0.15, 0.2) is 5.78 Å². The summed E-state index contributed by atoms with van der Waals surface area (Å²) >= 11 is 3.42. The van der Waals surface area contributed by atoms with Crippen molar-refractivity contribution >= 4 is 21.7 Å². The highest BCUT2D eigenvalue weighted by Gasteiger charge is 2.39. The molecule has 0 aromatic heterocycles. The number of nitrogens with zero attached hydrogens (tertiary/aromatic N) is 1. The molecule has 114 valence electrons. The topological polar surface area (TPSA) is 20.3 Å². The summed E-state index contributed by atoms with van der Waals surface area (Å²) in [6, 6.07) is 7.70. The number of benzene rings is 1. The number of ketones is 1. The first-order valence-corrected chi connectivity index (χ1v) is 8.88. The van der Waals surface area contributed by atoms with Gasteiger partial charge in [0.1, 0.15) is 0 Å². The number of hydrogen-bond acceptors (Lipinski definition) is 2. The molecule has 3 rings (SSSR count). The van der Waals surface area contributed by atoms with Gasteiger partial charge in [0.05, 0.1) is 0 Å². The summed E-state index contributed by atoms with van der Waals surface area (Å²) in [7, 11) is 2.17. The SMILES string of the molecule is CN(CCC(=O)c1cccc(Br)c1)CC1CC2CCC1C2. The molecular formula is C18H24BrNO. The second-order valence-electron chi connectivity index (χ2n) is 6.88. The normalized spacial score (nSPS) is 27.5. The average molecular weight is 350 g/mol. The van der Waals surface area contributed by atoms with Crippen LogP contribution in [0, 0.1) is 17.8 Å². The summed E-state index contributed by atoms with van der Waals surface area (Å²) in [4.78, 5) is 14.6. The Morgan fingerprint density at radius 3 is 2.86 bits per heavy atom. The third kappa shape index (κ3) is 3.75. The number of carbonyl (C=O) groups is 1. The summed E-state index contributed by atoms with van der Waals surface area (Å²) in [5.41, 5.74) is 0.817. The molecule has 0 N–H and O–H groups in total. The lowest BCUT2D eigenvalue weighted by Crippen LogP contribution is -2.30. The van der Waals surface area contributed by atoms with Crippen LogP contribution in [0.25, 0.3) is 0 Å². The first-order chi connectivity index (χ1) is 10.1. The Morgan fingerprint density at radius 1 is 1.33 bits per heavy atom. The van der Waals surface area contributed by atoms with Gasteiger partial charge in [-0.2, -0.15) is 0 Å². The maximum Gasteiger partial charge on any atom is 0.164 e. The second-order valence-corrected chi connectivity index (χ2v) is 7.80. The standard InChI is InChI=1S/C18H24BrNO/c1-20(12-16-10-13-5-6-14(16)9-13)8-7-18(21)15-3-2-4-17(19)11-15/h2-4,11,13-14,16H,5-10,12H2,1H3. The van der Waals surface area contributed by atoms with Crippen molar-refractivity contribution in [1.82, 2.24) is 4.90 Å². The second kappa shape index (κ2) is 6.62. The molecule has 2 aliphatic rings. The van der Waals surface area contributed by atoms with Gasteiger partial charge in [0.2, 0.25) is 0 Å². The fourth-order valence-corrected chi connectivity index (χ4v) is 4.59. The quantitative estimate of drug-likeness (QED) is 0.709. The molecule has 0 saturated heterocycles. The van der Waals surface area contributed by atoms with Crippen molar-refractivity contribution in [1.29, 1.82) is 0 Å². The fraction of sp³-hybridized carbons (Fsp3) is 0.611. The molecule has 2 fully saturated rings. The van der Waals surface area contributed by atoms with E-state index in [0.29, 0.717) is 6.42 Å². The van der Waals surface area contributed by atoms with E-state index in [9.17, 15) is 4.79 Å². The van der Waals surface area contributed by atoms with E-state index < -0.39 is 0 Å². The van der Waals surface area contributed by atoms with Crippen LogP contribution in [0.4, 0.5) is 0 Å². The van der Waals surface area contributed by atoms with E-state index >= 15 is 0 Å². The molecule has 2 saturated carbocycles. The molecule has 0 heterocycles. The molecule has 2 aliphatic carbocycles. The first kappa shape index (κ1) is 15.2. The monoisotopic (exact) mass is 349 g/mol. The van der Waals surface area contributed by atoms with Gasteiger partial charge in [-0.3, -0.25) is 4.79 Å². The number of carbonyl (C=O) groups excluding carboxylic acids is 1. The largest absolute Gasteiger partial charge is 0.306 e. The molecular weight excluding hydrogens is 326 g/mol. The smallest absolute Gasteiger partial charge is 0.164 e. The van der Waals surface area contributed by atoms with Crippen LogP contribution >= 0.6 is 15.9 Å². The van der Waals surface area contributed by atoms with Crippen molar-refractivity contribution in [3.05, 3.63) is 34.3 Å². The van der Waals surface area contributed by atoms with Crippen molar-refractivity contribution in [2.24, 2.45) is 17.8 Å². The zero-order chi connectivity index (χ0) is 14.8. The predicted octanol–water partition coefficient (Wildman–Crippen LogP) is 4.39. The highest BCUT2D eigenvalue weighted by Crippen LogP contribution is 2.48. The van der Waals surface area contributed by atoms with Crippen LogP contribution in [0.15, 0.2) is 28.7 Å². The van der Waals surface area contributed by atoms with E-state index in [2.05, 4.69) is 27.9 Å². The van der Waals surface area contributed by atoms with Gasteiger partial charge in [-0.25, -0.2) is 0 Å². The summed E-state index contributed by atoms with van der Waals surface area (Å²) in [5.74, 6) is 3.11. The number of hydrogen-bond donors (Lipinski definition) is 0. The van der Waals surface area contributed by atoms with Crippen molar-refractivity contribution in [3.63, 3.8) is 0 Å². The van der Waals surface area contributed by atoms with Crippen molar-refractivity contribution in [2.45, 2.75) is 32.1 Å². The molecule has 0 radical (unpaired) electrons. The first-order valence-electron chi connectivity index (χ1n) is 8.09. The van der Waals surface area contributed by atoms with Crippen LogP contribution in [-0.2, 0) is 0 Å². The summed E-state index contributed by atoms with van der Waals surface area (Å²) in [5, 5.41) is 0. The molecule has 3 heteroatoms. The van der Waals surface area contributed by atoms with Crippen LogP contribution in [0.3, 0.4) is 0 Å². The van der Waals surface area contributed by atoms with E-state index in [1.54, 1.807) is 0 Å². The molecule has 1 aromatic carbocycles. The van der Waals surface area contributed by atoms with Crippen LogP contribution < -0.4 is 0 Å². The fourth-order valence-electron chi connectivity index (χ4n) is 4.19. The molecule has 3 unspecified atom stereocenters. The Bertz CT molecular complexity index is 516. The van der Waals surface area contributed by atoms with Crippen molar-refractivity contribution in [3.8, 4) is 0 Å². The molecule has 0 spiro atoms. The number of halogens is 1. The number of Topliss-reactive ketones (excluding diaryl/α,β-unsaturated/α-hetero) is 1. The molecule has 1 aromatic rings. The lowest BCUT2D eigenvalue weighted by atomic mass is 9.88. The molecule has 0 aliphatic heterocycles. The van der Waals surface area contributed by atoms with Gasteiger partial charge in [-0.1, -0.05) is 34.5 Å². The minimum Gasteiger partial charge on any atom is -0.306 e. The van der Waals surface area contributed by atoms with Gasteiger partial charge < -0.3 is 4.90 Å². The third-order valence-corrected chi connectivity index (χ3v) is 5.79. The highest BCUT2D eigenvalue weighted by atomic mass is 79.9. The van der Waals surface area contributed by atoms with Crippen LogP contribution in [0.2, 0.25) is 0 Å². The zero-order valence-electron chi connectivity index (χ0n) is 12.7. The minimum absolute atomic E-state index is 0.246. The molecule has 0 amide bonds. The van der Waals surface area contributed by atoms with Crippen LogP contribution in [0.1, 0.15) is 42.5 Å². The zero-order valence-corrected chi connectivity index (χ0v) is 14.3. The van der Waals surface area contributed by atoms with E-state index in [1.165, 1.54) is 32.2 Å². The Labute approximate surface area is 136 Å². The minimum atomic E-state index is 0.246. The Balaban J connectivity index is 1.45. The van der Waals surface area contributed by atoms with Gasteiger partial charge in [-0.05, 0) is 56.2 Å². The van der Waals surface area contributed by atoms with Crippen molar-refractivity contribution in [2.75, 3.05) is 20.1 Å². The van der Waals surface area contributed by atoms with Gasteiger partial charge in [0, 0.05) is 29.5 Å². The van der Waals surface area contributed by atoms with Crippen LogP contribution in [0.5, 0.6) is 0 Å². The Hall–Kier alpha value is -0.670. The highest BCUT2D eigenvalue weighted by molar-refractivity contribution is 9.10. The number of fused-ring (bicyclic) bond motifs is 2. The maximum atomic E-state index is 12.2. The Kier molecular flexibility index (Phi) is 4.80. The van der Waals surface area contributed by atoms with E-state index in [1.807, 2.05) is 24.3 Å². The van der Waals surface area contributed by atoms with E-state index in [0.717, 1.165) is 34.3 Å². The molecule has 2 nitrogen and oxygen atoms in total. The molecule has 3 atom stereocenters. The van der Waals surface area contributed by atoms with Crippen molar-refractivity contribution < 1.29 is 4.79 Å². The lowest BCUT2D eigenvalue weighted by molar-refractivity contribution is 0.0963. The van der Waals surface area contributed by atoms with Crippen LogP contribution in [-0.4, -0.2) is 30.8 Å². The Morgan fingerprint density at radius 2 is 2.19 bits per heavy atom.